The van der Waals surface area contributed by atoms with E-state index in [0.29, 0.717) is 17.7 Å². The number of likely N-dealkylation sites (tertiary alicyclic amines) is 1. The summed E-state index contributed by atoms with van der Waals surface area (Å²) in [4.78, 5) is 25.6. The summed E-state index contributed by atoms with van der Waals surface area (Å²) in [7, 11) is 1.56. The zero-order valence-electron chi connectivity index (χ0n) is 12.3. The normalized spacial score (nSPS) is 21.3. The minimum Gasteiger partial charge on any atom is -0.464 e. The van der Waals surface area contributed by atoms with Gasteiger partial charge in [0.05, 0.1) is 12.4 Å². The van der Waals surface area contributed by atoms with Gasteiger partial charge in [0.1, 0.15) is 5.58 Å². The van der Waals surface area contributed by atoms with Gasteiger partial charge in [0.2, 0.25) is 5.91 Å². The Hall–Kier alpha value is -2.34. The molecule has 22 heavy (non-hydrogen) atoms. The number of furan rings is 1. The number of hydrogen-bond acceptors (Lipinski definition) is 4. The highest BCUT2D eigenvalue weighted by Crippen LogP contribution is 2.24. The van der Waals surface area contributed by atoms with E-state index in [9.17, 15) is 14.7 Å². The lowest BCUT2D eigenvalue weighted by Crippen LogP contribution is -2.29. The third kappa shape index (κ3) is 2.69. The third-order valence-electron chi connectivity index (χ3n) is 4.12. The first kappa shape index (κ1) is 14.6. The molecule has 0 aliphatic carbocycles. The number of rotatable bonds is 3. The second kappa shape index (κ2) is 5.81. The number of amides is 2. The van der Waals surface area contributed by atoms with Crippen molar-refractivity contribution in [2.24, 2.45) is 5.92 Å². The van der Waals surface area contributed by atoms with Crippen molar-refractivity contribution in [3.05, 3.63) is 36.1 Å². The van der Waals surface area contributed by atoms with Crippen molar-refractivity contribution in [2.45, 2.75) is 12.5 Å². The summed E-state index contributed by atoms with van der Waals surface area (Å²) in [5.74, 6) is -0.511. The number of β-amino-alcohol motifs (C(OH)–C–C–N with tert-alkyl or cyclic N) is 1. The molecule has 3 rings (SSSR count). The van der Waals surface area contributed by atoms with Crippen molar-refractivity contribution < 1.29 is 19.1 Å². The molecule has 0 saturated carbocycles. The van der Waals surface area contributed by atoms with Gasteiger partial charge < -0.3 is 19.7 Å². The third-order valence-corrected chi connectivity index (χ3v) is 4.12. The van der Waals surface area contributed by atoms with Crippen molar-refractivity contribution in [3.8, 4) is 0 Å². The molecule has 1 aliphatic rings. The molecule has 1 aromatic carbocycles. The van der Waals surface area contributed by atoms with Crippen LogP contribution in [-0.4, -0.2) is 48.1 Å². The molecule has 2 aromatic rings. The van der Waals surface area contributed by atoms with Crippen molar-refractivity contribution in [1.29, 1.82) is 0 Å². The lowest BCUT2D eigenvalue weighted by molar-refractivity contribution is -0.122. The average molecular weight is 302 g/mol. The Balaban J connectivity index is 1.73. The summed E-state index contributed by atoms with van der Waals surface area (Å²) in [6, 6.07) is 7.12. The second-order valence-electron chi connectivity index (χ2n) is 5.59. The highest BCUT2D eigenvalue weighted by Gasteiger charge is 2.35. The molecule has 2 heterocycles. The number of benzene rings is 1. The molecule has 0 bridgehead atoms. The lowest BCUT2D eigenvalue weighted by Gasteiger charge is -2.16. The number of carbonyl (C=O) groups is 2. The Morgan fingerprint density at radius 1 is 1.36 bits per heavy atom. The largest absolute Gasteiger partial charge is 0.464 e. The van der Waals surface area contributed by atoms with E-state index in [-0.39, 0.29) is 30.7 Å². The van der Waals surface area contributed by atoms with Crippen LogP contribution in [0.3, 0.4) is 0 Å². The Morgan fingerprint density at radius 3 is 2.95 bits per heavy atom. The number of nitrogens with zero attached hydrogens (tertiary/aromatic N) is 1. The number of aliphatic hydroxyl groups is 1. The highest BCUT2D eigenvalue weighted by atomic mass is 16.3. The van der Waals surface area contributed by atoms with Crippen LogP contribution in [0, 0.1) is 5.92 Å². The topological polar surface area (TPSA) is 82.8 Å². The van der Waals surface area contributed by atoms with Crippen molar-refractivity contribution in [3.63, 3.8) is 0 Å². The molecule has 1 fully saturated rings. The van der Waals surface area contributed by atoms with E-state index < -0.39 is 6.10 Å². The summed E-state index contributed by atoms with van der Waals surface area (Å²) < 4.78 is 5.31. The maximum absolute atomic E-state index is 12.5. The number of nitrogens with one attached hydrogen (secondary N) is 1. The number of carbonyl (C=O) groups excluding carboxylic acids is 2. The second-order valence-corrected chi connectivity index (χ2v) is 5.59. The molecule has 6 heteroatoms. The molecule has 1 aliphatic heterocycles. The van der Waals surface area contributed by atoms with E-state index in [2.05, 4.69) is 5.32 Å². The molecule has 1 aromatic heterocycles. The monoisotopic (exact) mass is 302 g/mol. The van der Waals surface area contributed by atoms with Gasteiger partial charge in [-0.3, -0.25) is 9.59 Å². The molecule has 0 spiro atoms. The van der Waals surface area contributed by atoms with Gasteiger partial charge in [-0.2, -0.15) is 0 Å². The van der Waals surface area contributed by atoms with E-state index in [1.807, 2.05) is 12.1 Å². The van der Waals surface area contributed by atoms with E-state index in [4.69, 9.17) is 4.42 Å². The minimum absolute atomic E-state index is 0.129. The van der Waals surface area contributed by atoms with Gasteiger partial charge >= 0.3 is 0 Å². The summed E-state index contributed by atoms with van der Waals surface area (Å²) in [5.41, 5.74) is 1.18. The predicted molar refractivity (Wildman–Crippen MR) is 80.3 cm³/mol. The van der Waals surface area contributed by atoms with Gasteiger partial charge in [-0.25, -0.2) is 0 Å². The smallest absolute Gasteiger partial charge is 0.254 e. The SMILES string of the molecule is CNC(=O)C[C@@H]1CN(C(=O)c2ccc3ccoc3c2)C[C@H]1O. The first-order valence-corrected chi connectivity index (χ1v) is 7.23. The minimum atomic E-state index is -0.673. The maximum Gasteiger partial charge on any atom is 0.254 e. The molecule has 0 unspecified atom stereocenters. The average Bonchev–Trinajstić information content (AvgIpc) is 3.12. The molecule has 1 saturated heterocycles. The molecular formula is C16H18N2O4. The molecule has 0 radical (unpaired) electrons. The molecule has 2 amide bonds. The van der Waals surface area contributed by atoms with Gasteiger partial charge in [0, 0.05) is 43.4 Å². The van der Waals surface area contributed by atoms with Gasteiger partial charge in [-0.05, 0) is 18.2 Å². The van der Waals surface area contributed by atoms with Crippen LogP contribution in [-0.2, 0) is 4.79 Å². The Morgan fingerprint density at radius 2 is 2.18 bits per heavy atom. The van der Waals surface area contributed by atoms with Crippen LogP contribution in [0.2, 0.25) is 0 Å². The number of hydrogen-bond donors (Lipinski definition) is 2. The zero-order chi connectivity index (χ0) is 15.7. The number of fused-ring (bicyclic) bond motifs is 1. The van der Waals surface area contributed by atoms with Crippen LogP contribution >= 0.6 is 0 Å². The fraction of sp³-hybridized carbons (Fsp3) is 0.375. The van der Waals surface area contributed by atoms with Crippen LogP contribution in [0.25, 0.3) is 11.0 Å². The summed E-state index contributed by atoms with van der Waals surface area (Å²) in [6.45, 7) is 0.625. The first-order chi connectivity index (χ1) is 10.6. The maximum atomic E-state index is 12.5. The standard InChI is InChI=1S/C16H18N2O4/c1-17-15(20)7-12-8-18(9-13(12)19)16(21)11-3-2-10-4-5-22-14(10)6-11/h2-6,12-13,19H,7-9H2,1H3,(H,17,20)/t12-,13-/m1/s1. The first-order valence-electron chi connectivity index (χ1n) is 7.23. The Kier molecular flexibility index (Phi) is 3.85. The van der Waals surface area contributed by atoms with Gasteiger partial charge in [0.25, 0.3) is 5.91 Å². The predicted octanol–water partition coefficient (Wildman–Crippen LogP) is 1.00. The van der Waals surface area contributed by atoms with Crippen LogP contribution in [0.4, 0.5) is 0 Å². The van der Waals surface area contributed by atoms with Crippen LogP contribution in [0.5, 0.6) is 0 Å². The summed E-state index contributed by atoms with van der Waals surface area (Å²) in [5, 5.41) is 13.5. The van der Waals surface area contributed by atoms with E-state index in [1.165, 1.54) is 0 Å². The van der Waals surface area contributed by atoms with Crippen molar-refractivity contribution >= 4 is 22.8 Å². The Labute approximate surface area is 127 Å². The van der Waals surface area contributed by atoms with E-state index >= 15 is 0 Å². The molecule has 6 nitrogen and oxygen atoms in total. The number of aliphatic hydroxyl groups excluding tert-OH is 1. The Bertz CT molecular complexity index is 709. The van der Waals surface area contributed by atoms with Gasteiger partial charge in [-0.1, -0.05) is 6.07 Å². The fourth-order valence-electron chi connectivity index (χ4n) is 2.83. The summed E-state index contributed by atoms with van der Waals surface area (Å²) in [6.07, 6.45) is 1.13. The van der Waals surface area contributed by atoms with Crippen LogP contribution in [0.1, 0.15) is 16.8 Å². The highest BCUT2D eigenvalue weighted by molar-refractivity contribution is 5.97. The van der Waals surface area contributed by atoms with Gasteiger partial charge in [-0.15, -0.1) is 0 Å². The summed E-state index contributed by atoms with van der Waals surface area (Å²) >= 11 is 0. The molecule has 2 atom stereocenters. The molecule has 2 N–H and O–H groups in total. The van der Waals surface area contributed by atoms with Gasteiger partial charge in [0.15, 0.2) is 0 Å². The van der Waals surface area contributed by atoms with Crippen molar-refractivity contribution in [1.82, 2.24) is 10.2 Å². The van der Waals surface area contributed by atoms with Crippen LogP contribution in [0.15, 0.2) is 34.9 Å². The van der Waals surface area contributed by atoms with E-state index in [1.54, 1.807) is 30.3 Å². The van der Waals surface area contributed by atoms with Crippen molar-refractivity contribution in [2.75, 3.05) is 20.1 Å². The quantitative estimate of drug-likeness (QED) is 0.886. The lowest BCUT2D eigenvalue weighted by atomic mass is 10.0. The fourth-order valence-corrected chi connectivity index (χ4v) is 2.83. The zero-order valence-corrected chi connectivity index (χ0v) is 12.3. The molecule has 116 valence electrons. The molecular weight excluding hydrogens is 284 g/mol. The van der Waals surface area contributed by atoms with E-state index in [0.717, 1.165) is 5.39 Å². The van der Waals surface area contributed by atoms with Crippen LogP contribution < -0.4 is 5.32 Å².